The Morgan fingerprint density at radius 3 is 1.21 bits per heavy atom. The maximum absolute atomic E-state index is 2.70. The minimum atomic E-state index is -0.362. The maximum Gasteiger partial charge on any atom is 0.0544 e. The molecule has 374 valence electrons. The van der Waals surface area contributed by atoms with Crippen molar-refractivity contribution in [3.63, 3.8) is 0 Å². The van der Waals surface area contributed by atoms with Crippen LogP contribution in [0.3, 0.4) is 0 Å². The molecule has 12 aromatic rings. The van der Waals surface area contributed by atoms with E-state index in [1.54, 1.807) is 0 Å². The third-order valence-corrected chi connectivity index (χ3v) is 17.9. The Balaban J connectivity index is 0.913. The quantitative estimate of drug-likeness (QED) is 0.150. The van der Waals surface area contributed by atoms with Gasteiger partial charge in [-0.2, -0.15) is 0 Å². The van der Waals surface area contributed by atoms with Crippen LogP contribution in [0, 0.1) is 0 Å². The number of para-hydroxylation sites is 3. The first-order valence-corrected chi connectivity index (χ1v) is 27.6. The fourth-order valence-corrected chi connectivity index (χ4v) is 13.9. The fourth-order valence-electron chi connectivity index (χ4n) is 13.9. The number of fused-ring (bicyclic) bond motifs is 3. The molecule has 0 saturated carbocycles. The van der Waals surface area contributed by atoms with Gasteiger partial charge in [0.05, 0.1) is 34.1 Å². The van der Waals surface area contributed by atoms with Crippen LogP contribution in [0.5, 0.6) is 0 Å². The van der Waals surface area contributed by atoms with Gasteiger partial charge in [-0.1, -0.05) is 211 Å². The highest BCUT2D eigenvalue weighted by Gasteiger charge is 2.52. The molecule has 0 amide bonds. The van der Waals surface area contributed by atoms with Crippen LogP contribution >= 0.6 is 0 Å². The Bertz CT molecular complexity index is 4400. The van der Waals surface area contributed by atoms with Crippen molar-refractivity contribution in [2.45, 2.75) is 57.8 Å². The van der Waals surface area contributed by atoms with Crippen LogP contribution in [-0.2, 0) is 16.2 Å². The van der Waals surface area contributed by atoms with Gasteiger partial charge in [0.2, 0.25) is 0 Å². The minimum Gasteiger partial charge on any atom is -0.310 e. The third-order valence-electron chi connectivity index (χ3n) is 17.9. The molecular formula is C75H59N3. The highest BCUT2D eigenvalue weighted by Crippen LogP contribution is 2.67. The van der Waals surface area contributed by atoms with Gasteiger partial charge in [-0.15, -0.1) is 0 Å². The SMILES string of the molecule is CC1(C)c2cccc3c2N2c4c1cc(-c1ccc(N(c5ccccc5)c5cccc6ccccc56)cc1)cc4C(C)(C)c1cc(-c4ccc(N(c5ccccc5)c5cccc6ccccc56)c5ccccc45)cc(c12)C3(C)C. The van der Waals surface area contributed by atoms with Crippen molar-refractivity contribution in [1.82, 2.24) is 0 Å². The second-order valence-corrected chi connectivity index (χ2v) is 23.3. The molecule has 0 aromatic heterocycles. The molecule has 78 heavy (non-hydrogen) atoms. The normalized spacial score (nSPS) is 14.8. The summed E-state index contributed by atoms with van der Waals surface area (Å²) in [6.07, 6.45) is 0. The zero-order chi connectivity index (χ0) is 52.7. The van der Waals surface area contributed by atoms with Crippen LogP contribution in [0.15, 0.2) is 249 Å². The first kappa shape index (κ1) is 46.1. The van der Waals surface area contributed by atoms with Gasteiger partial charge in [0.1, 0.15) is 0 Å². The first-order valence-electron chi connectivity index (χ1n) is 27.6. The molecule has 3 nitrogen and oxygen atoms in total. The Labute approximate surface area is 457 Å². The van der Waals surface area contributed by atoms with Crippen molar-refractivity contribution >= 4 is 83.5 Å². The molecule has 3 heteroatoms. The van der Waals surface area contributed by atoms with Gasteiger partial charge in [-0.3, -0.25) is 0 Å². The number of nitrogens with zero attached hydrogens (tertiary/aromatic N) is 3. The highest BCUT2D eigenvalue weighted by molar-refractivity contribution is 6.10. The van der Waals surface area contributed by atoms with Crippen LogP contribution in [0.25, 0.3) is 54.6 Å². The van der Waals surface area contributed by atoms with Crippen LogP contribution < -0.4 is 14.7 Å². The van der Waals surface area contributed by atoms with Crippen LogP contribution in [0.2, 0.25) is 0 Å². The van der Waals surface area contributed by atoms with Crippen LogP contribution in [0.4, 0.5) is 51.2 Å². The molecular weight excluding hydrogens is 943 g/mol. The van der Waals surface area contributed by atoms with Crippen molar-refractivity contribution in [2.75, 3.05) is 14.7 Å². The Morgan fingerprint density at radius 1 is 0.269 bits per heavy atom. The van der Waals surface area contributed by atoms with E-state index in [0.29, 0.717) is 0 Å². The van der Waals surface area contributed by atoms with E-state index in [1.165, 1.54) is 105 Å². The summed E-state index contributed by atoms with van der Waals surface area (Å²) in [6, 6.07) is 92.7. The van der Waals surface area contributed by atoms with Gasteiger partial charge < -0.3 is 14.7 Å². The number of benzene rings is 12. The summed E-state index contributed by atoms with van der Waals surface area (Å²) in [5, 5.41) is 7.32. The average Bonchev–Trinajstić information content (AvgIpc) is 1.30. The Hall–Kier alpha value is -9.18. The Kier molecular flexibility index (Phi) is 10.0. The number of hydrogen-bond acceptors (Lipinski definition) is 3. The van der Waals surface area contributed by atoms with Gasteiger partial charge >= 0.3 is 0 Å². The second kappa shape index (κ2) is 16.9. The summed E-state index contributed by atoms with van der Waals surface area (Å²) in [5.41, 5.74) is 23.1. The number of hydrogen-bond donors (Lipinski definition) is 0. The molecule has 12 aromatic carbocycles. The smallest absolute Gasteiger partial charge is 0.0544 e. The van der Waals surface area contributed by atoms with Gasteiger partial charge in [-0.25, -0.2) is 0 Å². The predicted molar refractivity (Wildman–Crippen MR) is 330 cm³/mol. The summed E-state index contributed by atoms with van der Waals surface area (Å²) in [5.74, 6) is 0. The van der Waals surface area contributed by atoms with E-state index in [0.717, 1.165) is 34.1 Å². The molecule has 3 aliphatic heterocycles. The molecule has 0 spiro atoms. The zero-order valence-corrected chi connectivity index (χ0v) is 45.0. The van der Waals surface area contributed by atoms with Crippen molar-refractivity contribution in [3.05, 3.63) is 282 Å². The molecule has 0 bridgehead atoms. The van der Waals surface area contributed by atoms with Gasteiger partial charge in [0.15, 0.2) is 0 Å². The average molecular weight is 1000 g/mol. The van der Waals surface area contributed by atoms with E-state index in [4.69, 9.17) is 0 Å². The lowest BCUT2D eigenvalue weighted by molar-refractivity contribution is 0.567. The molecule has 0 aliphatic carbocycles. The minimum absolute atomic E-state index is 0.262. The molecule has 0 atom stereocenters. The van der Waals surface area contributed by atoms with Gasteiger partial charge in [0.25, 0.3) is 0 Å². The summed E-state index contributed by atoms with van der Waals surface area (Å²) in [6.45, 7) is 14.8. The Morgan fingerprint density at radius 2 is 0.654 bits per heavy atom. The van der Waals surface area contributed by atoms with E-state index >= 15 is 0 Å². The number of rotatable bonds is 8. The molecule has 3 heterocycles. The lowest BCUT2D eigenvalue weighted by Crippen LogP contribution is -2.43. The van der Waals surface area contributed by atoms with Crippen LogP contribution in [-0.4, -0.2) is 0 Å². The van der Waals surface area contributed by atoms with Gasteiger partial charge in [0, 0.05) is 49.5 Å². The third kappa shape index (κ3) is 6.64. The zero-order valence-electron chi connectivity index (χ0n) is 45.0. The molecule has 0 fully saturated rings. The molecule has 3 aliphatic rings. The van der Waals surface area contributed by atoms with E-state index < -0.39 is 0 Å². The fraction of sp³-hybridized carbons (Fsp3) is 0.120. The largest absolute Gasteiger partial charge is 0.310 e. The van der Waals surface area contributed by atoms with Crippen LogP contribution in [0.1, 0.15) is 74.9 Å². The lowest BCUT2D eigenvalue weighted by atomic mass is 9.60. The van der Waals surface area contributed by atoms with Gasteiger partial charge in [-0.05, 0) is 151 Å². The van der Waals surface area contributed by atoms with E-state index in [9.17, 15) is 0 Å². The standard InChI is InChI=1S/C75H59N3/c1-73(2)61-34-21-35-62-70(61)78-71-63(73)44-51(48-38-40-55(41-39-48)76(53-26-9-7-10-27-53)67-36-19-24-49-22-13-15-30-57(49)67)45-64(71)75(5,6)66-47-52(46-65(72(66)78)74(62,3)4)56-42-43-69(60-33-18-17-32-59(56)60)77(54-28-11-8-12-29-54)68-37-20-25-50-23-14-16-31-58(50)68/h7-47H,1-6H3. The highest BCUT2D eigenvalue weighted by atomic mass is 15.2. The second-order valence-electron chi connectivity index (χ2n) is 23.3. The lowest BCUT2D eigenvalue weighted by Gasteiger charge is -2.55. The van der Waals surface area contributed by atoms with E-state index in [1.807, 2.05) is 0 Å². The van der Waals surface area contributed by atoms with Crippen molar-refractivity contribution in [2.24, 2.45) is 0 Å². The molecule has 0 unspecified atom stereocenters. The molecule has 0 saturated heterocycles. The van der Waals surface area contributed by atoms with E-state index in [-0.39, 0.29) is 16.2 Å². The van der Waals surface area contributed by atoms with Crippen molar-refractivity contribution < 1.29 is 0 Å². The molecule has 15 rings (SSSR count). The predicted octanol–water partition coefficient (Wildman–Crippen LogP) is 20.8. The topological polar surface area (TPSA) is 9.72 Å². The first-order chi connectivity index (χ1) is 38.0. The van der Waals surface area contributed by atoms with Crippen molar-refractivity contribution in [1.29, 1.82) is 0 Å². The number of anilines is 9. The summed E-state index contributed by atoms with van der Waals surface area (Å²) >= 11 is 0. The molecule has 0 radical (unpaired) electrons. The monoisotopic (exact) mass is 1000 g/mol. The summed E-state index contributed by atoms with van der Waals surface area (Å²) in [4.78, 5) is 7.55. The summed E-state index contributed by atoms with van der Waals surface area (Å²) < 4.78 is 0. The van der Waals surface area contributed by atoms with Crippen molar-refractivity contribution in [3.8, 4) is 22.3 Å². The van der Waals surface area contributed by atoms with E-state index in [2.05, 4.69) is 305 Å². The summed E-state index contributed by atoms with van der Waals surface area (Å²) in [7, 11) is 0. The molecule has 0 N–H and O–H groups in total. The maximum atomic E-state index is 2.70.